The molecule has 1 aromatic heterocycles. The molecule has 1 aliphatic rings. The van der Waals surface area contributed by atoms with Crippen molar-refractivity contribution in [1.29, 1.82) is 0 Å². The second-order valence-electron chi connectivity index (χ2n) is 4.26. The van der Waals surface area contributed by atoms with Crippen molar-refractivity contribution in [1.82, 2.24) is 14.9 Å². The van der Waals surface area contributed by atoms with Gasteiger partial charge in [-0.3, -0.25) is 0 Å². The van der Waals surface area contributed by atoms with Crippen molar-refractivity contribution in [3.63, 3.8) is 0 Å². The first-order valence-corrected chi connectivity index (χ1v) is 6.13. The van der Waals surface area contributed by atoms with Crippen LogP contribution in [0.5, 0.6) is 0 Å². The van der Waals surface area contributed by atoms with E-state index in [2.05, 4.69) is 25.6 Å². The lowest BCUT2D eigenvalue weighted by atomic mass is 10.1. The standard InChI is InChI=1S/C11H20N6/c12-16-11-8-10(14-9-15-11)13-4-7-17-5-2-1-3-6-17/h8-9H,1-7,12H2,(H2,13,14,15,16). The summed E-state index contributed by atoms with van der Waals surface area (Å²) < 4.78 is 0. The van der Waals surface area contributed by atoms with Crippen LogP contribution in [0.4, 0.5) is 11.6 Å². The number of nitrogens with zero attached hydrogens (tertiary/aromatic N) is 3. The largest absolute Gasteiger partial charge is 0.369 e. The van der Waals surface area contributed by atoms with Crippen LogP contribution in [0.15, 0.2) is 12.4 Å². The maximum atomic E-state index is 5.29. The van der Waals surface area contributed by atoms with Crippen LogP contribution in [0, 0.1) is 0 Å². The van der Waals surface area contributed by atoms with Crippen molar-refractivity contribution < 1.29 is 0 Å². The van der Waals surface area contributed by atoms with E-state index in [0.29, 0.717) is 5.82 Å². The third kappa shape index (κ3) is 3.83. The van der Waals surface area contributed by atoms with Crippen LogP contribution < -0.4 is 16.6 Å². The first kappa shape index (κ1) is 12.1. The summed E-state index contributed by atoms with van der Waals surface area (Å²) in [5, 5.41) is 3.28. The van der Waals surface area contributed by atoms with E-state index in [0.717, 1.165) is 18.9 Å². The number of piperidine rings is 1. The molecule has 0 aromatic carbocycles. The Hall–Kier alpha value is -1.40. The predicted octanol–water partition coefficient (Wildman–Crippen LogP) is 0.660. The predicted molar refractivity (Wildman–Crippen MR) is 68.6 cm³/mol. The van der Waals surface area contributed by atoms with E-state index in [1.807, 2.05) is 0 Å². The molecule has 94 valence electrons. The zero-order chi connectivity index (χ0) is 11.9. The summed E-state index contributed by atoms with van der Waals surface area (Å²) in [5.74, 6) is 6.72. The number of likely N-dealkylation sites (tertiary alicyclic amines) is 1. The van der Waals surface area contributed by atoms with Crippen molar-refractivity contribution in [3.05, 3.63) is 12.4 Å². The first-order chi connectivity index (χ1) is 8.38. The number of hydrazine groups is 1. The Labute approximate surface area is 102 Å². The second kappa shape index (κ2) is 6.36. The molecule has 2 rings (SSSR count). The van der Waals surface area contributed by atoms with Crippen molar-refractivity contribution in [2.24, 2.45) is 5.84 Å². The van der Waals surface area contributed by atoms with E-state index in [1.165, 1.54) is 38.7 Å². The maximum absolute atomic E-state index is 5.29. The van der Waals surface area contributed by atoms with Crippen molar-refractivity contribution in [3.8, 4) is 0 Å². The smallest absolute Gasteiger partial charge is 0.145 e. The summed E-state index contributed by atoms with van der Waals surface area (Å²) in [6.45, 7) is 4.42. The highest BCUT2D eigenvalue weighted by molar-refractivity contribution is 5.45. The van der Waals surface area contributed by atoms with Gasteiger partial charge in [-0.15, -0.1) is 0 Å². The molecule has 1 aromatic rings. The van der Waals surface area contributed by atoms with E-state index < -0.39 is 0 Å². The number of hydrogen-bond donors (Lipinski definition) is 3. The van der Waals surface area contributed by atoms with Crippen LogP contribution in [0.1, 0.15) is 19.3 Å². The van der Waals surface area contributed by atoms with Gasteiger partial charge in [0, 0.05) is 19.2 Å². The third-order valence-corrected chi connectivity index (χ3v) is 3.00. The molecule has 0 unspecified atom stereocenters. The lowest BCUT2D eigenvalue weighted by molar-refractivity contribution is 0.237. The molecular weight excluding hydrogens is 216 g/mol. The van der Waals surface area contributed by atoms with Gasteiger partial charge in [-0.05, 0) is 25.9 Å². The molecule has 0 aliphatic carbocycles. The highest BCUT2D eigenvalue weighted by atomic mass is 15.3. The van der Waals surface area contributed by atoms with Gasteiger partial charge in [-0.1, -0.05) is 6.42 Å². The monoisotopic (exact) mass is 236 g/mol. The van der Waals surface area contributed by atoms with Gasteiger partial charge in [0.2, 0.25) is 0 Å². The second-order valence-corrected chi connectivity index (χ2v) is 4.26. The van der Waals surface area contributed by atoms with Gasteiger partial charge in [0.1, 0.15) is 18.0 Å². The minimum absolute atomic E-state index is 0.625. The average Bonchev–Trinajstić information content (AvgIpc) is 2.40. The zero-order valence-electron chi connectivity index (χ0n) is 10.0. The minimum atomic E-state index is 0.625. The Kier molecular flexibility index (Phi) is 4.52. The number of hydrogen-bond acceptors (Lipinski definition) is 6. The summed E-state index contributed by atoms with van der Waals surface area (Å²) in [6, 6.07) is 1.80. The molecule has 1 aliphatic heterocycles. The van der Waals surface area contributed by atoms with E-state index >= 15 is 0 Å². The molecule has 0 saturated carbocycles. The van der Waals surface area contributed by atoms with Crippen LogP contribution in [-0.4, -0.2) is 41.0 Å². The number of anilines is 2. The molecule has 0 radical (unpaired) electrons. The third-order valence-electron chi connectivity index (χ3n) is 3.00. The fraction of sp³-hybridized carbons (Fsp3) is 0.636. The molecule has 0 atom stereocenters. The number of nitrogens with one attached hydrogen (secondary N) is 2. The molecule has 2 heterocycles. The summed E-state index contributed by atoms with van der Waals surface area (Å²) in [7, 11) is 0. The summed E-state index contributed by atoms with van der Waals surface area (Å²) in [5.41, 5.74) is 2.51. The number of aromatic nitrogens is 2. The normalized spacial score (nSPS) is 16.8. The molecule has 0 spiro atoms. The Morgan fingerprint density at radius 2 is 1.94 bits per heavy atom. The van der Waals surface area contributed by atoms with Gasteiger partial charge < -0.3 is 15.6 Å². The topological polar surface area (TPSA) is 79.1 Å². The summed E-state index contributed by atoms with van der Waals surface area (Å²) in [6.07, 6.45) is 5.53. The van der Waals surface area contributed by atoms with Crippen LogP contribution in [-0.2, 0) is 0 Å². The number of nitrogens with two attached hydrogens (primary N) is 1. The van der Waals surface area contributed by atoms with E-state index in [1.54, 1.807) is 6.07 Å². The van der Waals surface area contributed by atoms with Gasteiger partial charge in [0.05, 0.1) is 0 Å². The van der Waals surface area contributed by atoms with Crippen LogP contribution in [0.2, 0.25) is 0 Å². The zero-order valence-corrected chi connectivity index (χ0v) is 10.0. The van der Waals surface area contributed by atoms with Crippen LogP contribution >= 0.6 is 0 Å². The SMILES string of the molecule is NNc1cc(NCCN2CCCCC2)ncn1. The maximum Gasteiger partial charge on any atom is 0.145 e. The molecule has 6 heteroatoms. The minimum Gasteiger partial charge on any atom is -0.369 e. The first-order valence-electron chi connectivity index (χ1n) is 6.13. The molecule has 1 fully saturated rings. The lowest BCUT2D eigenvalue weighted by Gasteiger charge is -2.26. The molecule has 17 heavy (non-hydrogen) atoms. The van der Waals surface area contributed by atoms with Crippen molar-refractivity contribution >= 4 is 11.6 Å². The fourth-order valence-corrected chi connectivity index (χ4v) is 2.06. The molecule has 0 bridgehead atoms. The van der Waals surface area contributed by atoms with Gasteiger partial charge in [-0.2, -0.15) is 0 Å². The van der Waals surface area contributed by atoms with Crippen molar-refractivity contribution in [2.75, 3.05) is 36.9 Å². The molecule has 0 amide bonds. The molecule has 1 saturated heterocycles. The average molecular weight is 236 g/mol. The number of nitrogen functional groups attached to an aromatic ring is 1. The van der Waals surface area contributed by atoms with Gasteiger partial charge in [-0.25, -0.2) is 15.8 Å². The van der Waals surface area contributed by atoms with E-state index in [9.17, 15) is 0 Å². The lowest BCUT2D eigenvalue weighted by Crippen LogP contribution is -2.33. The highest BCUT2D eigenvalue weighted by Crippen LogP contribution is 2.09. The van der Waals surface area contributed by atoms with E-state index in [4.69, 9.17) is 5.84 Å². The van der Waals surface area contributed by atoms with Gasteiger partial charge in [0.15, 0.2) is 0 Å². The Bertz CT molecular complexity index is 336. The summed E-state index contributed by atoms with van der Waals surface area (Å²) in [4.78, 5) is 10.6. The quantitative estimate of drug-likeness (QED) is 0.515. The van der Waals surface area contributed by atoms with E-state index in [-0.39, 0.29) is 0 Å². The Morgan fingerprint density at radius 1 is 1.18 bits per heavy atom. The van der Waals surface area contributed by atoms with Gasteiger partial charge in [0.25, 0.3) is 0 Å². The Balaban J connectivity index is 1.73. The molecule has 6 nitrogen and oxygen atoms in total. The summed E-state index contributed by atoms with van der Waals surface area (Å²) >= 11 is 0. The fourth-order valence-electron chi connectivity index (χ4n) is 2.06. The highest BCUT2D eigenvalue weighted by Gasteiger charge is 2.08. The van der Waals surface area contributed by atoms with Gasteiger partial charge >= 0.3 is 0 Å². The molecular formula is C11H20N6. The van der Waals surface area contributed by atoms with Crippen LogP contribution in [0.25, 0.3) is 0 Å². The molecule has 4 N–H and O–H groups in total. The Morgan fingerprint density at radius 3 is 2.71 bits per heavy atom. The number of rotatable bonds is 5. The van der Waals surface area contributed by atoms with Crippen LogP contribution in [0.3, 0.4) is 0 Å². The van der Waals surface area contributed by atoms with Crippen molar-refractivity contribution in [2.45, 2.75) is 19.3 Å².